The van der Waals surface area contributed by atoms with E-state index in [9.17, 15) is 0 Å². The third-order valence-electron chi connectivity index (χ3n) is 4.25. The first-order valence-electron chi connectivity index (χ1n) is 8.49. The van der Waals surface area contributed by atoms with Gasteiger partial charge in [0.1, 0.15) is 0 Å². The average molecular weight is 338 g/mol. The van der Waals surface area contributed by atoms with Crippen LogP contribution in [-0.4, -0.2) is 41.2 Å². The summed E-state index contributed by atoms with van der Waals surface area (Å²) in [6.45, 7) is 3.80. The largest absolute Gasteiger partial charge is 0.177 e. The van der Waals surface area contributed by atoms with Gasteiger partial charge in [-0.05, 0) is 36.3 Å². The lowest BCUT2D eigenvalue weighted by Gasteiger charge is -2.15. The van der Waals surface area contributed by atoms with Gasteiger partial charge in [0.15, 0.2) is 11.6 Å². The van der Waals surface area contributed by atoms with Crippen molar-refractivity contribution in [2.24, 2.45) is 5.92 Å². The summed E-state index contributed by atoms with van der Waals surface area (Å²) in [5.41, 5.74) is 2.45. The summed E-state index contributed by atoms with van der Waals surface area (Å²) in [5.74, 6) is 2.01. The van der Waals surface area contributed by atoms with Crippen molar-refractivity contribution in [2.75, 3.05) is 0 Å². The summed E-state index contributed by atoms with van der Waals surface area (Å²) >= 11 is 0. The first-order chi connectivity index (χ1) is 12.3. The zero-order valence-corrected chi connectivity index (χ0v) is 14.1. The number of nitrogens with zero attached hydrogens (tertiary/aromatic N) is 6. The lowest BCUT2D eigenvalue weighted by atomic mass is 9.90. The predicted octanol–water partition coefficient (Wildman–Crippen LogP) is 2.17. The maximum absolute atomic E-state index is 4.10. The Morgan fingerprint density at radius 2 is 1.64 bits per heavy atom. The van der Waals surface area contributed by atoms with Crippen LogP contribution in [0.25, 0.3) is 6.08 Å². The molecule has 0 bridgehead atoms. The van der Waals surface area contributed by atoms with E-state index in [0.717, 1.165) is 55.7 Å². The molecule has 0 fully saturated rings. The molecule has 0 aliphatic rings. The molecular weight excluding hydrogens is 316 g/mol. The molecule has 0 aliphatic heterocycles. The van der Waals surface area contributed by atoms with Crippen LogP contribution in [0.1, 0.15) is 42.0 Å². The number of rotatable bonds is 10. The Bertz CT molecular complexity index is 734. The van der Waals surface area contributed by atoms with Gasteiger partial charge in [-0.1, -0.05) is 53.8 Å². The molecule has 1 unspecified atom stereocenters. The van der Waals surface area contributed by atoms with Crippen LogP contribution in [0, 0.1) is 5.92 Å². The molecule has 25 heavy (non-hydrogen) atoms. The highest BCUT2D eigenvalue weighted by Gasteiger charge is 2.14. The smallest absolute Gasteiger partial charge is 0.174 e. The quantitative estimate of drug-likeness (QED) is 0.548. The van der Waals surface area contributed by atoms with E-state index in [1.54, 1.807) is 0 Å². The van der Waals surface area contributed by atoms with Crippen molar-refractivity contribution in [3.8, 4) is 0 Å². The van der Waals surface area contributed by atoms with Crippen molar-refractivity contribution in [3.63, 3.8) is 0 Å². The molecule has 2 aromatic heterocycles. The van der Waals surface area contributed by atoms with Crippen LogP contribution >= 0.6 is 0 Å². The van der Waals surface area contributed by atoms with Gasteiger partial charge in [-0.2, -0.15) is 10.4 Å². The highest BCUT2D eigenvalue weighted by Crippen LogP contribution is 2.20. The van der Waals surface area contributed by atoms with E-state index in [4.69, 9.17) is 0 Å². The van der Waals surface area contributed by atoms with E-state index in [0.29, 0.717) is 5.92 Å². The second-order valence-corrected chi connectivity index (χ2v) is 6.12. The number of aromatic nitrogens is 8. The SMILES string of the molecule is C=Cc1ccc(CC(CCCCc2nn[nH]n2)Cc2nn[nH]n2)cc1. The van der Waals surface area contributed by atoms with Gasteiger partial charge in [0.25, 0.3) is 0 Å². The third-order valence-corrected chi connectivity index (χ3v) is 4.25. The second kappa shape index (κ2) is 8.81. The van der Waals surface area contributed by atoms with Gasteiger partial charge in [-0.25, -0.2) is 0 Å². The standard InChI is InChI=1S/C17H22N8/c1-2-13-7-9-14(10-8-13)11-15(12-17-20-24-25-21-17)5-3-4-6-16-18-22-23-19-16/h2,7-10,15H,1,3-6,11-12H2,(H,18,19,22,23)(H,20,21,24,25). The van der Waals surface area contributed by atoms with Crippen LogP contribution in [-0.2, 0) is 19.3 Å². The summed E-state index contributed by atoms with van der Waals surface area (Å²) in [5, 5.41) is 28.4. The molecule has 8 heteroatoms. The molecule has 0 amide bonds. The van der Waals surface area contributed by atoms with Crippen molar-refractivity contribution < 1.29 is 0 Å². The molecule has 8 nitrogen and oxygen atoms in total. The molecule has 3 rings (SSSR count). The molecule has 0 spiro atoms. The first-order valence-corrected chi connectivity index (χ1v) is 8.49. The maximum atomic E-state index is 4.10. The zero-order chi connectivity index (χ0) is 17.3. The van der Waals surface area contributed by atoms with E-state index in [1.807, 2.05) is 6.08 Å². The Kier molecular flexibility index (Phi) is 5.97. The van der Waals surface area contributed by atoms with E-state index in [2.05, 4.69) is 72.1 Å². The number of benzene rings is 1. The van der Waals surface area contributed by atoms with Gasteiger partial charge >= 0.3 is 0 Å². The van der Waals surface area contributed by atoms with Gasteiger partial charge in [0, 0.05) is 12.8 Å². The Hall–Kier alpha value is -2.90. The number of hydrogen-bond acceptors (Lipinski definition) is 6. The fraction of sp³-hybridized carbons (Fsp3) is 0.412. The van der Waals surface area contributed by atoms with Gasteiger partial charge in [0.05, 0.1) is 0 Å². The van der Waals surface area contributed by atoms with Crippen LogP contribution in [0.4, 0.5) is 0 Å². The van der Waals surface area contributed by atoms with Crippen molar-refractivity contribution >= 4 is 6.08 Å². The van der Waals surface area contributed by atoms with E-state index < -0.39 is 0 Å². The van der Waals surface area contributed by atoms with Crippen LogP contribution < -0.4 is 0 Å². The number of aromatic amines is 2. The first kappa shape index (κ1) is 16.9. The molecule has 2 heterocycles. The number of hydrogen-bond donors (Lipinski definition) is 2. The number of tetrazole rings is 2. The average Bonchev–Trinajstić information content (AvgIpc) is 3.33. The molecule has 0 aliphatic carbocycles. The Balaban J connectivity index is 1.54. The van der Waals surface area contributed by atoms with Crippen LogP contribution in [0.3, 0.4) is 0 Å². The molecule has 3 aromatic rings. The van der Waals surface area contributed by atoms with Gasteiger partial charge in [-0.15, -0.1) is 20.4 Å². The van der Waals surface area contributed by atoms with Crippen LogP contribution in [0.5, 0.6) is 0 Å². The summed E-state index contributed by atoms with van der Waals surface area (Å²) in [7, 11) is 0. The van der Waals surface area contributed by atoms with Crippen molar-refractivity contribution in [1.82, 2.24) is 41.2 Å². The van der Waals surface area contributed by atoms with Crippen molar-refractivity contribution in [3.05, 3.63) is 53.6 Å². The fourth-order valence-electron chi connectivity index (χ4n) is 2.93. The Morgan fingerprint density at radius 1 is 0.920 bits per heavy atom. The molecule has 0 saturated carbocycles. The fourth-order valence-corrected chi connectivity index (χ4v) is 2.93. The Morgan fingerprint density at radius 3 is 2.28 bits per heavy atom. The molecule has 2 N–H and O–H groups in total. The molecular formula is C17H22N8. The summed E-state index contributed by atoms with van der Waals surface area (Å²) < 4.78 is 0. The lowest BCUT2D eigenvalue weighted by Crippen LogP contribution is -2.10. The minimum absolute atomic E-state index is 0.470. The molecule has 0 radical (unpaired) electrons. The van der Waals surface area contributed by atoms with E-state index in [-0.39, 0.29) is 0 Å². The van der Waals surface area contributed by atoms with Gasteiger partial charge < -0.3 is 0 Å². The topological polar surface area (TPSA) is 109 Å². The molecule has 130 valence electrons. The third kappa shape index (κ3) is 5.30. The minimum atomic E-state index is 0.470. The summed E-state index contributed by atoms with van der Waals surface area (Å²) in [6, 6.07) is 8.53. The highest BCUT2D eigenvalue weighted by molar-refractivity contribution is 5.47. The van der Waals surface area contributed by atoms with E-state index in [1.165, 1.54) is 5.56 Å². The predicted molar refractivity (Wildman–Crippen MR) is 93.3 cm³/mol. The normalized spacial score (nSPS) is 12.2. The number of H-pyrrole nitrogens is 2. The minimum Gasteiger partial charge on any atom is -0.177 e. The summed E-state index contributed by atoms with van der Waals surface area (Å²) in [4.78, 5) is 0. The van der Waals surface area contributed by atoms with E-state index >= 15 is 0 Å². The summed E-state index contributed by atoms with van der Waals surface area (Å²) in [6.07, 6.45) is 7.75. The number of nitrogens with one attached hydrogen (secondary N) is 2. The van der Waals surface area contributed by atoms with Crippen LogP contribution in [0.2, 0.25) is 0 Å². The maximum Gasteiger partial charge on any atom is 0.174 e. The van der Waals surface area contributed by atoms with Crippen LogP contribution in [0.15, 0.2) is 30.8 Å². The van der Waals surface area contributed by atoms with Crippen molar-refractivity contribution in [1.29, 1.82) is 0 Å². The molecule has 1 aromatic carbocycles. The molecule has 1 atom stereocenters. The monoisotopic (exact) mass is 338 g/mol. The van der Waals surface area contributed by atoms with Gasteiger partial charge in [0.2, 0.25) is 0 Å². The number of aryl methyl sites for hydroxylation is 1. The second-order valence-electron chi connectivity index (χ2n) is 6.12. The number of unbranched alkanes of at least 4 members (excludes halogenated alkanes) is 1. The molecule has 0 saturated heterocycles. The van der Waals surface area contributed by atoms with Crippen molar-refractivity contribution in [2.45, 2.75) is 38.5 Å². The lowest BCUT2D eigenvalue weighted by molar-refractivity contribution is 0.444. The van der Waals surface area contributed by atoms with Gasteiger partial charge in [-0.3, -0.25) is 0 Å². The highest BCUT2D eigenvalue weighted by atomic mass is 15.5. The Labute approximate surface area is 146 Å². The zero-order valence-electron chi connectivity index (χ0n) is 14.1.